The van der Waals surface area contributed by atoms with Crippen LogP contribution < -0.4 is 0 Å². The van der Waals surface area contributed by atoms with Gasteiger partial charge < -0.3 is 0 Å². The maximum Gasteiger partial charge on any atom is -0.0297 e. The van der Waals surface area contributed by atoms with Crippen LogP contribution >= 0.6 is 0 Å². The highest BCUT2D eigenvalue weighted by Gasteiger charge is 2.43. The Balaban J connectivity index is 1.91. The molecule has 0 unspecified atom stereocenters. The van der Waals surface area contributed by atoms with Crippen LogP contribution in [0, 0.1) is 18.3 Å². The predicted octanol–water partition coefficient (Wildman–Crippen LogP) is 2.79. The standard InChI is InChI=1S/C9H15/c1-8-2-4-9(5-3-8)6-7-9/h8H,1-7H2. The molecule has 0 heteroatoms. The first kappa shape index (κ1) is 5.76. The normalized spacial score (nSPS) is 33.0. The number of hydrogen-bond acceptors (Lipinski definition) is 0. The van der Waals surface area contributed by atoms with E-state index < -0.39 is 0 Å². The van der Waals surface area contributed by atoms with Gasteiger partial charge in [-0.3, -0.25) is 0 Å². The van der Waals surface area contributed by atoms with Crippen LogP contribution in [-0.2, 0) is 0 Å². The molecule has 0 saturated heterocycles. The summed E-state index contributed by atoms with van der Waals surface area (Å²) in [6.07, 6.45) is 8.84. The number of rotatable bonds is 0. The zero-order valence-corrected chi connectivity index (χ0v) is 6.03. The zero-order chi connectivity index (χ0) is 6.32. The predicted molar refractivity (Wildman–Crippen MR) is 39.0 cm³/mol. The van der Waals surface area contributed by atoms with Gasteiger partial charge in [0.05, 0.1) is 0 Å². The molecule has 2 aliphatic rings. The SMILES string of the molecule is [CH2]C1CCC2(CC1)CC2. The molecule has 2 fully saturated rings. The maximum absolute atomic E-state index is 4.09. The minimum Gasteiger partial charge on any atom is -0.0502 e. The smallest absolute Gasteiger partial charge is 0.0297 e. The summed E-state index contributed by atoms with van der Waals surface area (Å²) in [5.41, 5.74) is 0.869. The average molecular weight is 123 g/mol. The van der Waals surface area contributed by atoms with E-state index in [9.17, 15) is 0 Å². The minimum absolute atomic E-state index is 0.788. The molecule has 0 aromatic rings. The summed E-state index contributed by atoms with van der Waals surface area (Å²) in [5.74, 6) is 0.788. The third-order valence-corrected chi connectivity index (χ3v) is 3.12. The molecular formula is C9H15. The lowest BCUT2D eigenvalue weighted by Gasteiger charge is -2.25. The van der Waals surface area contributed by atoms with Crippen molar-refractivity contribution < 1.29 is 0 Å². The molecule has 0 aromatic carbocycles. The van der Waals surface area contributed by atoms with Crippen LogP contribution in [0.5, 0.6) is 0 Å². The van der Waals surface area contributed by atoms with Gasteiger partial charge in [-0.2, -0.15) is 0 Å². The van der Waals surface area contributed by atoms with Crippen molar-refractivity contribution in [2.75, 3.05) is 0 Å². The van der Waals surface area contributed by atoms with Crippen LogP contribution in [-0.4, -0.2) is 0 Å². The fraction of sp³-hybridized carbons (Fsp3) is 0.889. The first-order valence-electron chi connectivity index (χ1n) is 4.14. The Kier molecular flexibility index (Phi) is 1.12. The van der Waals surface area contributed by atoms with E-state index >= 15 is 0 Å². The van der Waals surface area contributed by atoms with Crippen molar-refractivity contribution in [3.63, 3.8) is 0 Å². The lowest BCUT2D eigenvalue weighted by atomic mass is 9.81. The van der Waals surface area contributed by atoms with Crippen LogP contribution in [0.15, 0.2) is 0 Å². The van der Waals surface area contributed by atoms with Gasteiger partial charge in [0.1, 0.15) is 0 Å². The first-order chi connectivity index (χ1) is 4.31. The van der Waals surface area contributed by atoms with Crippen molar-refractivity contribution >= 4 is 0 Å². The van der Waals surface area contributed by atoms with Gasteiger partial charge in [-0.15, -0.1) is 0 Å². The van der Waals surface area contributed by atoms with Crippen molar-refractivity contribution in [3.8, 4) is 0 Å². The summed E-state index contributed by atoms with van der Waals surface area (Å²) < 4.78 is 0. The van der Waals surface area contributed by atoms with E-state index in [0.717, 1.165) is 11.3 Å². The first-order valence-corrected chi connectivity index (χ1v) is 4.14. The lowest BCUT2D eigenvalue weighted by molar-refractivity contribution is 0.289. The van der Waals surface area contributed by atoms with E-state index in [1.807, 2.05) is 0 Å². The van der Waals surface area contributed by atoms with Crippen molar-refractivity contribution in [2.45, 2.75) is 38.5 Å². The summed E-state index contributed by atoms with van der Waals surface area (Å²) in [6, 6.07) is 0. The van der Waals surface area contributed by atoms with Gasteiger partial charge in [0.25, 0.3) is 0 Å². The second-order valence-electron chi connectivity index (χ2n) is 3.94. The third kappa shape index (κ3) is 0.997. The zero-order valence-electron chi connectivity index (χ0n) is 6.03. The molecule has 0 bridgehead atoms. The van der Waals surface area contributed by atoms with Crippen molar-refractivity contribution in [1.82, 2.24) is 0 Å². The van der Waals surface area contributed by atoms with Gasteiger partial charge in [0, 0.05) is 0 Å². The highest BCUT2D eigenvalue weighted by Crippen LogP contribution is 2.56. The molecule has 0 amide bonds. The molecule has 0 aliphatic heterocycles. The van der Waals surface area contributed by atoms with Crippen molar-refractivity contribution in [1.29, 1.82) is 0 Å². The summed E-state index contributed by atoms with van der Waals surface area (Å²) in [7, 11) is 0. The fourth-order valence-corrected chi connectivity index (χ4v) is 1.97. The van der Waals surface area contributed by atoms with Crippen molar-refractivity contribution in [2.24, 2.45) is 11.3 Å². The lowest BCUT2D eigenvalue weighted by Crippen LogP contribution is -2.12. The Hall–Kier alpha value is 0. The topological polar surface area (TPSA) is 0 Å². The highest BCUT2D eigenvalue weighted by atomic mass is 14.5. The molecule has 2 saturated carbocycles. The molecular weight excluding hydrogens is 108 g/mol. The Morgan fingerprint density at radius 3 is 2.00 bits per heavy atom. The Bertz CT molecular complexity index is 101. The van der Waals surface area contributed by atoms with Crippen LogP contribution in [0.2, 0.25) is 0 Å². The molecule has 1 spiro atoms. The van der Waals surface area contributed by atoms with Gasteiger partial charge >= 0.3 is 0 Å². The molecule has 0 atom stereocenters. The molecule has 51 valence electrons. The van der Waals surface area contributed by atoms with Crippen LogP contribution in [0.4, 0.5) is 0 Å². The largest absolute Gasteiger partial charge is 0.0502 e. The Morgan fingerprint density at radius 1 is 1.00 bits per heavy atom. The molecule has 2 rings (SSSR count). The summed E-state index contributed by atoms with van der Waals surface area (Å²) in [6.45, 7) is 4.09. The minimum atomic E-state index is 0.788. The van der Waals surface area contributed by atoms with Gasteiger partial charge in [0.15, 0.2) is 0 Å². The maximum atomic E-state index is 4.09. The van der Waals surface area contributed by atoms with E-state index in [1.165, 1.54) is 38.5 Å². The number of hydrogen-bond donors (Lipinski definition) is 0. The average Bonchev–Trinajstić information content (AvgIpc) is 2.60. The Labute approximate surface area is 57.6 Å². The van der Waals surface area contributed by atoms with E-state index in [2.05, 4.69) is 6.92 Å². The molecule has 9 heavy (non-hydrogen) atoms. The molecule has 0 aromatic heterocycles. The van der Waals surface area contributed by atoms with E-state index in [-0.39, 0.29) is 0 Å². The fourth-order valence-electron chi connectivity index (χ4n) is 1.97. The Morgan fingerprint density at radius 2 is 1.56 bits per heavy atom. The van der Waals surface area contributed by atoms with Gasteiger partial charge in [0.2, 0.25) is 0 Å². The summed E-state index contributed by atoms with van der Waals surface area (Å²) in [5, 5.41) is 0. The second kappa shape index (κ2) is 1.74. The second-order valence-corrected chi connectivity index (χ2v) is 3.94. The molecule has 0 nitrogen and oxygen atoms in total. The third-order valence-electron chi connectivity index (χ3n) is 3.12. The van der Waals surface area contributed by atoms with Crippen LogP contribution in [0.25, 0.3) is 0 Å². The summed E-state index contributed by atoms with van der Waals surface area (Å²) >= 11 is 0. The van der Waals surface area contributed by atoms with E-state index in [1.54, 1.807) is 0 Å². The quantitative estimate of drug-likeness (QED) is 0.464. The summed E-state index contributed by atoms with van der Waals surface area (Å²) in [4.78, 5) is 0. The monoisotopic (exact) mass is 123 g/mol. The molecule has 0 N–H and O–H groups in total. The van der Waals surface area contributed by atoms with Gasteiger partial charge in [-0.25, -0.2) is 0 Å². The molecule has 2 aliphatic carbocycles. The van der Waals surface area contributed by atoms with Gasteiger partial charge in [-0.05, 0) is 49.9 Å². The highest BCUT2D eigenvalue weighted by molar-refractivity contribution is 4.96. The van der Waals surface area contributed by atoms with Gasteiger partial charge in [-0.1, -0.05) is 6.92 Å². The molecule has 1 radical (unpaired) electrons. The van der Waals surface area contributed by atoms with Crippen LogP contribution in [0.1, 0.15) is 38.5 Å². The van der Waals surface area contributed by atoms with Crippen molar-refractivity contribution in [3.05, 3.63) is 6.92 Å². The van der Waals surface area contributed by atoms with E-state index in [0.29, 0.717) is 0 Å². The van der Waals surface area contributed by atoms with E-state index in [4.69, 9.17) is 0 Å². The van der Waals surface area contributed by atoms with Crippen LogP contribution in [0.3, 0.4) is 0 Å². The molecule has 0 heterocycles.